The van der Waals surface area contributed by atoms with Crippen LogP contribution in [0.3, 0.4) is 0 Å². The van der Waals surface area contributed by atoms with Crippen molar-refractivity contribution in [1.29, 1.82) is 0 Å². The third-order valence-corrected chi connectivity index (χ3v) is 5.59. The molecule has 0 bridgehead atoms. The Labute approximate surface area is 174 Å². The lowest BCUT2D eigenvalue weighted by atomic mass is 10.1. The number of carbonyl (C=O) groups is 1. The van der Waals surface area contributed by atoms with Gasteiger partial charge in [0.1, 0.15) is 11.3 Å². The van der Waals surface area contributed by atoms with Gasteiger partial charge in [0.15, 0.2) is 5.52 Å². The molecule has 3 aromatic rings. The number of anilines is 1. The van der Waals surface area contributed by atoms with Gasteiger partial charge in [-0.3, -0.25) is 18.8 Å². The molecule has 0 unspecified atom stereocenters. The summed E-state index contributed by atoms with van der Waals surface area (Å²) in [6.07, 6.45) is 0. The Kier molecular flexibility index (Phi) is 5.19. The number of aryl methyl sites for hydroxylation is 2. The highest BCUT2D eigenvalue weighted by atomic mass is 16.5. The molecule has 0 spiro atoms. The molecule has 0 radical (unpaired) electrons. The number of ether oxygens (including phenoxy) is 1. The number of hydrogen-bond donors (Lipinski definition) is 0. The first-order valence-corrected chi connectivity index (χ1v) is 10.1. The van der Waals surface area contributed by atoms with E-state index in [1.807, 2.05) is 30.9 Å². The average Bonchev–Trinajstić information content (AvgIpc) is 3.06. The number of benzene rings is 1. The highest BCUT2D eigenvalue weighted by Crippen LogP contribution is 2.22. The highest BCUT2D eigenvalue weighted by molar-refractivity contribution is 5.97. The molecule has 9 heteroatoms. The molecule has 1 saturated heterocycles. The molecule has 9 nitrogen and oxygen atoms in total. The Balaban J connectivity index is 1.60. The number of fused-ring (bicyclic) bond motifs is 1. The van der Waals surface area contributed by atoms with Gasteiger partial charge in [-0.25, -0.2) is 4.98 Å². The maximum absolute atomic E-state index is 13.0. The standard InChI is InChI=1S/C21H26N6O3/c1-5-27-20(29)18-17(14(2)23-24(18)3)22-21(27)26-12-10-25(11-13-26)19(28)15-8-6-7-9-16(15)30-4/h6-9H,5,10-13H2,1-4H3. The van der Waals surface area contributed by atoms with Gasteiger partial charge < -0.3 is 14.5 Å². The van der Waals surface area contributed by atoms with Crippen molar-refractivity contribution in [2.45, 2.75) is 20.4 Å². The molecule has 4 rings (SSSR count). The average molecular weight is 410 g/mol. The third kappa shape index (κ3) is 3.20. The molecular formula is C21H26N6O3. The number of aromatic nitrogens is 4. The quantitative estimate of drug-likeness (QED) is 0.647. The van der Waals surface area contributed by atoms with Crippen molar-refractivity contribution < 1.29 is 9.53 Å². The minimum atomic E-state index is -0.0897. The van der Waals surface area contributed by atoms with Crippen LogP contribution < -0.4 is 15.2 Å². The lowest BCUT2D eigenvalue weighted by Gasteiger charge is -2.36. The summed E-state index contributed by atoms with van der Waals surface area (Å²) in [5.41, 5.74) is 2.36. The van der Waals surface area contributed by atoms with Gasteiger partial charge in [-0.15, -0.1) is 0 Å². The van der Waals surface area contributed by atoms with Gasteiger partial charge in [0.2, 0.25) is 5.95 Å². The summed E-state index contributed by atoms with van der Waals surface area (Å²) >= 11 is 0. The topological polar surface area (TPSA) is 85.5 Å². The van der Waals surface area contributed by atoms with Crippen LogP contribution in [0.15, 0.2) is 29.1 Å². The molecule has 30 heavy (non-hydrogen) atoms. The van der Waals surface area contributed by atoms with Crippen LogP contribution in [-0.4, -0.2) is 63.4 Å². The van der Waals surface area contributed by atoms with Crippen molar-refractivity contribution in [3.8, 4) is 5.75 Å². The molecule has 1 aromatic carbocycles. The number of amides is 1. The number of hydrogen-bond acceptors (Lipinski definition) is 6. The number of methoxy groups -OCH3 is 1. The number of nitrogens with zero attached hydrogens (tertiary/aromatic N) is 6. The number of para-hydroxylation sites is 1. The molecule has 0 atom stereocenters. The Morgan fingerprint density at radius 3 is 2.53 bits per heavy atom. The van der Waals surface area contributed by atoms with Gasteiger partial charge in [-0.1, -0.05) is 12.1 Å². The van der Waals surface area contributed by atoms with E-state index in [2.05, 4.69) is 10.00 Å². The Bertz CT molecular complexity index is 1160. The zero-order valence-corrected chi connectivity index (χ0v) is 17.8. The zero-order chi connectivity index (χ0) is 21.4. The van der Waals surface area contributed by atoms with E-state index in [-0.39, 0.29) is 11.5 Å². The minimum absolute atomic E-state index is 0.0495. The van der Waals surface area contributed by atoms with E-state index in [0.717, 1.165) is 5.69 Å². The number of carbonyl (C=O) groups excluding carboxylic acids is 1. The van der Waals surface area contributed by atoms with Gasteiger partial charge in [0.05, 0.1) is 18.4 Å². The molecule has 158 valence electrons. The Morgan fingerprint density at radius 1 is 1.17 bits per heavy atom. The fraction of sp³-hybridized carbons (Fsp3) is 0.429. The third-order valence-electron chi connectivity index (χ3n) is 5.59. The molecule has 3 heterocycles. The normalized spacial score (nSPS) is 14.4. The monoisotopic (exact) mass is 410 g/mol. The number of piperazine rings is 1. The lowest BCUT2D eigenvalue weighted by molar-refractivity contribution is 0.0742. The fourth-order valence-electron chi connectivity index (χ4n) is 4.03. The number of rotatable bonds is 4. The summed E-state index contributed by atoms with van der Waals surface area (Å²) in [5, 5.41) is 4.36. The second kappa shape index (κ2) is 7.81. The first kappa shape index (κ1) is 19.9. The summed E-state index contributed by atoms with van der Waals surface area (Å²) in [5.74, 6) is 1.16. The van der Waals surface area contributed by atoms with Crippen molar-refractivity contribution in [3.63, 3.8) is 0 Å². The molecule has 2 aromatic heterocycles. The lowest BCUT2D eigenvalue weighted by Crippen LogP contribution is -2.50. The van der Waals surface area contributed by atoms with Gasteiger partial charge in [-0.2, -0.15) is 5.10 Å². The van der Waals surface area contributed by atoms with E-state index in [4.69, 9.17) is 9.72 Å². The first-order valence-electron chi connectivity index (χ1n) is 10.1. The fourth-order valence-corrected chi connectivity index (χ4v) is 4.03. The van der Waals surface area contributed by atoms with Crippen molar-refractivity contribution >= 4 is 22.9 Å². The molecule has 1 aliphatic heterocycles. The molecule has 0 aliphatic carbocycles. The SMILES string of the molecule is CCn1c(N2CCN(C(=O)c3ccccc3OC)CC2)nc2c(C)nn(C)c2c1=O. The van der Waals surface area contributed by atoms with Crippen LogP contribution in [0.4, 0.5) is 5.95 Å². The van der Waals surface area contributed by atoms with Crippen molar-refractivity contribution in [2.24, 2.45) is 7.05 Å². The van der Waals surface area contributed by atoms with Crippen LogP contribution in [0.25, 0.3) is 11.0 Å². The van der Waals surface area contributed by atoms with E-state index in [1.165, 1.54) is 0 Å². The molecule has 1 amide bonds. The van der Waals surface area contributed by atoms with Crippen molar-refractivity contribution in [2.75, 3.05) is 38.2 Å². The summed E-state index contributed by atoms with van der Waals surface area (Å²) in [6, 6.07) is 7.25. The molecular weight excluding hydrogens is 384 g/mol. The summed E-state index contributed by atoms with van der Waals surface area (Å²) in [6.45, 7) is 6.58. The smallest absolute Gasteiger partial charge is 0.281 e. The van der Waals surface area contributed by atoms with Crippen LogP contribution in [0.5, 0.6) is 5.75 Å². The van der Waals surface area contributed by atoms with E-state index < -0.39 is 0 Å². The maximum Gasteiger partial charge on any atom is 0.281 e. The predicted octanol–water partition coefficient (Wildman–Crippen LogP) is 1.43. The van der Waals surface area contributed by atoms with Crippen LogP contribution in [0, 0.1) is 6.92 Å². The van der Waals surface area contributed by atoms with Crippen molar-refractivity contribution in [1.82, 2.24) is 24.2 Å². The molecule has 0 N–H and O–H groups in total. The first-order chi connectivity index (χ1) is 14.5. The highest BCUT2D eigenvalue weighted by Gasteiger charge is 2.27. The summed E-state index contributed by atoms with van der Waals surface area (Å²) in [7, 11) is 3.33. The molecule has 1 fully saturated rings. The zero-order valence-electron chi connectivity index (χ0n) is 17.8. The summed E-state index contributed by atoms with van der Waals surface area (Å²) in [4.78, 5) is 34.7. The van der Waals surface area contributed by atoms with E-state index in [1.54, 1.807) is 35.5 Å². The van der Waals surface area contributed by atoms with E-state index in [0.29, 0.717) is 61.0 Å². The van der Waals surface area contributed by atoms with Gasteiger partial charge in [0, 0.05) is 39.8 Å². The van der Waals surface area contributed by atoms with Crippen LogP contribution in [0.2, 0.25) is 0 Å². The van der Waals surface area contributed by atoms with Crippen molar-refractivity contribution in [3.05, 3.63) is 45.9 Å². The van der Waals surface area contributed by atoms with Gasteiger partial charge in [0.25, 0.3) is 11.5 Å². The van der Waals surface area contributed by atoms with E-state index >= 15 is 0 Å². The van der Waals surface area contributed by atoms with E-state index in [9.17, 15) is 9.59 Å². The van der Waals surface area contributed by atoms with Crippen LogP contribution >= 0.6 is 0 Å². The van der Waals surface area contributed by atoms with Gasteiger partial charge in [-0.05, 0) is 26.0 Å². The molecule has 0 saturated carbocycles. The predicted molar refractivity (Wildman–Crippen MR) is 114 cm³/mol. The van der Waals surface area contributed by atoms with Crippen LogP contribution in [-0.2, 0) is 13.6 Å². The second-order valence-electron chi connectivity index (χ2n) is 7.35. The van der Waals surface area contributed by atoms with Crippen LogP contribution in [0.1, 0.15) is 23.0 Å². The molecule has 1 aliphatic rings. The Morgan fingerprint density at radius 2 is 1.87 bits per heavy atom. The second-order valence-corrected chi connectivity index (χ2v) is 7.35. The minimum Gasteiger partial charge on any atom is -0.496 e. The largest absolute Gasteiger partial charge is 0.496 e. The maximum atomic E-state index is 13.0. The van der Waals surface area contributed by atoms with Gasteiger partial charge >= 0.3 is 0 Å². The summed E-state index contributed by atoms with van der Waals surface area (Å²) < 4.78 is 8.61. The Hall–Kier alpha value is -3.36.